The number of rotatable bonds is 5. The predicted molar refractivity (Wildman–Crippen MR) is 263 cm³/mol. The molecule has 1 aliphatic rings. The van der Waals surface area contributed by atoms with Crippen molar-refractivity contribution in [1.82, 2.24) is 4.57 Å². The lowest BCUT2D eigenvalue weighted by Gasteiger charge is -2.29. The third-order valence-corrected chi connectivity index (χ3v) is 13.0. The maximum Gasteiger partial charge on any atom is 0.136 e. The Hall–Kier alpha value is -8.40. The molecule has 0 fully saturated rings. The molecule has 3 nitrogen and oxygen atoms in total. The molecule has 0 aliphatic heterocycles. The highest BCUT2D eigenvalue weighted by Gasteiger charge is 2.27. The minimum atomic E-state index is 0.894. The van der Waals surface area contributed by atoms with Crippen molar-refractivity contribution in [3.05, 3.63) is 231 Å². The van der Waals surface area contributed by atoms with E-state index < -0.39 is 0 Å². The molecule has 13 rings (SSSR count). The number of nitrogens with zero attached hydrogens (tertiary/aromatic N) is 2. The Kier molecular flexibility index (Phi) is 7.91. The number of aromatic nitrogens is 1. The molecule has 0 atom stereocenters. The zero-order chi connectivity index (χ0) is 41.4. The van der Waals surface area contributed by atoms with Crippen molar-refractivity contribution in [2.75, 3.05) is 4.90 Å². The molecule has 0 saturated heterocycles. The fraction of sp³-hybridized carbons (Fsp3) is 0. The zero-order valence-corrected chi connectivity index (χ0v) is 34.2. The number of furan rings is 1. The minimum Gasteiger partial charge on any atom is -0.456 e. The summed E-state index contributed by atoms with van der Waals surface area (Å²) in [5, 5.41) is 4.70. The van der Waals surface area contributed by atoms with Gasteiger partial charge in [-0.2, -0.15) is 0 Å². The quantitative estimate of drug-likeness (QED) is 0.173. The Bertz CT molecular complexity index is 3730. The number of hydrogen-bond donors (Lipinski definition) is 0. The second-order valence-corrected chi connectivity index (χ2v) is 16.4. The summed E-state index contributed by atoms with van der Waals surface area (Å²) in [6.45, 7) is 0. The summed E-state index contributed by atoms with van der Waals surface area (Å²) < 4.78 is 8.90. The number of para-hydroxylation sites is 3. The van der Waals surface area contributed by atoms with Gasteiger partial charge in [-0.1, -0.05) is 152 Å². The molecule has 0 radical (unpaired) electrons. The van der Waals surface area contributed by atoms with Crippen molar-refractivity contribution >= 4 is 60.8 Å². The third kappa shape index (κ3) is 5.53. The topological polar surface area (TPSA) is 21.3 Å². The van der Waals surface area contributed by atoms with E-state index in [4.69, 9.17) is 4.42 Å². The van der Waals surface area contributed by atoms with Crippen LogP contribution in [0.25, 0.3) is 105 Å². The lowest BCUT2D eigenvalue weighted by molar-refractivity contribution is 0.669. The summed E-state index contributed by atoms with van der Waals surface area (Å²) in [5.74, 6) is 0. The van der Waals surface area contributed by atoms with Gasteiger partial charge in [0.1, 0.15) is 11.2 Å². The van der Waals surface area contributed by atoms with Crippen LogP contribution in [0.4, 0.5) is 17.1 Å². The zero-order valence-electron chi connectivity index (χ0n) is 34.2. The van der Waals surface area contributed by atoms with Gasteiger partial charge in [-0.15, -0.1) is 0 Å². The van der Waals surface area contributed by atoms with Gasteiger partial charge in [0.05, 0.1) is 11.0 Å². The summed E-state index contributed by atoms with van der Waals surface area (Å²) in [4.78, 5) is 2.42. The van der Waals surface area contributed by atoms with Gasteiger partial charge in [-0.3, -0.25) is 0 Å². The van der Waals surface area contributed by atoms with Crippen molar-refractivity contribution in [2.24, 2.45) is 0 Å². The summed E-state index contributed by atoms with van der Waals surface area (Å²) in [6, 6.07) is 83.7. The molecule has 294 valence electrons. The molecule has 0 unspecified atom stereocenters. The van der Waals surface area contributed by atoms with E-state index in [1.807, 2.05) is 0 Å². The molecular weight excluding hydrogens is 765 g/mol. The van der Waals surface area contributed by atoms with Crippen molar-refractivity contribution in [3.8, 4) is 61.3 Å². The van der Waals surface area contributed by atoms with Crippen LogP contribution in [0.5, 0.6) is 0 Å². The number of fused-ring (bicyclic) bond motifs is 15. The molecule has 12 aromatic rings. The van der Waals surface area contributed by atoms with Crippen molar-refractivity contribution in [1.29, 1.82) is 0 Å². The summed E-state index contributed by atoms with van der Waals surface area (Å²) in [7, 11) is 0. The second kappa shape index (κ2) is 14.1. The maximum absolute atomic E-state index is 6.52. The van der Waals surface area contributed by atoms with Crippen LogP contribution in [-0.2, 0) is 0 Å². The van der Waals surface area contributed by atoms with E-state index in [9.17, 15) is 0 Å². The Morgan fingerprint density at radius 1 is 0.317 bits per heavy atom. The van der Waals surface area contributed by atoms with Crippen LogP contribution in [0, 0.1) is 0 Å². The average Bonchev–Trinajstić information content (AvgIpc) is 3.90. The molecule has 0 N–H and O–H groups in total. The number of benzene rings is 10. The standard InChI is InChI=1S/C60H38N2O/c1-3-15-39(16-4-1)40-27-29-42(30-28-40)61(44-32-35-56-54(38-44)49-22-11-13-25-55(49)62(56)41-17-5-2-6-18-41)43-31-33-48-51-34-36-58-60(52-24-12-14-26-57(52)63-58)59(51)50-23-10-9-20-46(50)45-19-7-8-21-47(45)53(48)37-43/h1-38H. The van der Waals surface area contributed by atoms with E-state index in [2.05, 4.69) is 240 Å². The molecule has 3 heteroatoms. The van der Waals surface area contributed by atoms with Gasteiger partial charge in [-0.05, 0) is 129 Å². The Labute approximate surface area is 365 Å². The predicted octanol–water partition coefficient (Wildman–Crippen LogP) is 16.8. The fourth-order valence-electron chi connectivity index (χ4n) is 10.2. The normalized spacial score (nSPS) is 11.8. The first-order valence-electron chi connectivity index (χ1n) is 21.6. The van der Waals surface area contributed by atoms with Crippen molar-refractivity contribution < 1.29 is 4.42 Å². The Balaban J connectivity index is 1.07. The van der Waals surface area contributed by atoms with Crippen LogP contribution in [-0.4, -0.2) is 4.57 Å². The van der Waals surface area contributed by atoms with Gasteiger partial charge >= 0.3 is 0 Å². The van der Waals surface area contributed by atoms with Gasteiger partial charge in [0.25, 0.3) is 0 Å². The molecule has 0 bridgehead atoms. The highest BCUT2D eigenvalue weighted by molar-refractivity contribution is 6.19. The van der Waals surface area contributed by atoms with Crippen LogP contribution in [0.3, 0.4) is 0 Å². The average molecular weight is 803 g/mol. The van der Waals surface area contributed by atoms with E-state index in [0.717, 1.165) is 44.7 Å². The highest BCUT2D eigenvalue weighted by atomic mass is 16.3. The molecule has 0 spiro atoms. The summed E-state index contributed by atoms with van der Waals surface area (Å²) in [6.07, 6.45) is 0. The molecule has 0 saturated carbocycles. The fourth-order valence-corrected chi connectivity index (χ4v) is 10.2. The Morgan fingerprint density at radius 2 is 0.857 bits per heavy atom. The third-order valence-electron chi connectivity index (χ3n) is 13.0. The van der Waals surface area contributed by atoms with E-state index in [-0.39, 0.29) is 0 Å². The first-order chi connectivity index (χ1) is 31.3. The van der Waals surface area contributed by atoms with Crippen LogP contribution in [0.1, 0.15) is 0 Å². The molecule has 2 aromatic heterocycles. The van der Waals surface area contributed by atoms with Crippen LogP contribution < -0.4 is 4.90 Å². The van der Waals surface area contributed by atoms with Gasteiger partial charge in [-0.25, -0.2) is 0 Å². The molecule has 0 amide bonds. The highest BCUT2D eigenvalue weighted by Crippen LogP contribution is 2.53. The van der Waals surface area contributed by atoms with Gasteiger partial charge in [0.15, 0.2) is 0 Å². The smallest absolute Gasteiger partial charge is 0.136 e. The first kappa shape index (κ1) is 35.4. The number of hydrogen-bond acceptors (Lipinski definition) is 2. The Morgan fingerprint density at radius 3 is 1.65 bits per heavy atom. The number of anilines is 3. The van der Waals surface area contributed by atoms with E-state index in [0.29, 0.717) is 0 Å². The maximum atomic E-state index is 6.52. The van der Waals surface area contributed by atoms with E-state index >= 15 is 0 Å². The second-order valence-electron chi connectivity index (χ2n) is 16.4. The first-order valence-corrected chi connectivity index (χ1v) is 21.6. The largest absolute Gasteiger partial charge is 0.456 e. The SMILES string of the molecule is c1ccc(-c2ccc(N(c3ccc4c(c3)-c3ccccc3-c3ccccc3-c3c-4ccc4oc5ccccc5c34)c3ccc4c(c3)c3ccccc3n4-c3ccccc3)cc2)cc1. The molecule has 10 aromatic carbocycles. The lowest BCUT2D eigenvalue weighted by atomic mass is 9.79. The van der Waals surface area contributed by atoms with Crippen molar-refractivity contribution in [3.63, 3.8) is 0 Å². The van der Waals surface area contributed by atoms with Crippen LogP contribution in [0.2, 0.25) is 0 Å². The summed E-state index contributed by atoms with van der Waals surface area (Å²) >= 11 is 0. The van der Waals surface area contributed by atoms with E-state index in [1.54, 1.807) is 0 Å². The molecule has 63 heavy (non-hydrogen) atoms. The van der Waals surface area contributed by atoms with Crippen molar-refractivity contribution in [2.45, 2.75) is 0 Å². The van der Waals surface area contributed by atoms with Gasteiger partial charge in [0.2, 0.25) is 0 Å². The molecule has 2 heterocycles. The van der Waals surface area contributed by atoms with Gasteiger partial charge < -0.3 is 13.9 Å². The van der Waals surface area contributed by atoms with Gasteiger partial charge in [0, 0.05) is 49.9 Å². The minimum absolute atomic E-state index is 0.894. The lowest BCUT2D eigenvalue weighted by Crippen LogP contribution is -2.10. The summed E-state index contributed by atoms with van der Waals surface area (Å²) in [5.41, 5.74) is 20.5. The van der Waals surface area contributed by atoms with E-state index in [1.165, 1.54) is 77.4 Å². The molecular formula is C60H38N2O. The van der Waals surface area contributed by atoms with Crippen LogP contribution >= 0.6 is 0 Å². The monoisotopic (exact) mass is 802 g/mol. The van der Waals surface area contributed by atoms with Crippen LogP contribution in [0.15, 0.2) is 235 Å². The molecule has 1 aliphatic carbocycles.